The van der Waals surface area contributed by atoms with E-state index in [4.69, 9.17) is 0 Å². The summed E-state index contributed by atoms with van der Waals surface area (Å²) in [5.74, 6) is -0.208. The molecule has 0 aliphatic carbocycles. The first-order valence-electron chi connectivity index (χ1n) is 5.44. The maximum atomic E-state index is 12.9. The highest BCUT2D eigenvalue weighted by molar-refractivity contribution is 5.76. The molecule has 0 radical (unpaired) electrons. The molecule has 1 aromatic carbocycles. The van der Waals surface area contributed by atoms with Crippen LogP contribution in [0.25, 0.3) is 0 Å². The van der Waals surface area contributed by atoms with E-state index in [1.807, 2.05) is 6.92 Å². The van der Waals surface area contributed by atoms with Crippen LogP contribution in [0.4, 0.5) is 9.18 Å². The third-order valence-corrected chi connectivity index (χ3v) is 2.90. The molecule has 16 heavy (non-hydrogen) atoms. The Hall–Kier alpha value is -1.58. The Morgan fingerprint density at radius 2 is 2.31 bits per heavy atom. The van der Waals surface area contributed by atoms with Crippen LogP contribution in [0, 0.1) is 12.7 Å². The molecule has 1 N–H and O–H groups in total. The molecule has 1 fully saturated rings. The van der Waals surface area contributed by atoms with Crippen LogP contribution < -0.4 is 5.32 Å². The molecule has 1 aliphatic heterocycles. The lowest BCUT2D eigenvalue weighted by Crippen LogP contribution is -2.30. The molecule has 2 amide bonds. The van der Waals surface area contributed by atoms with Crippen molar-refractivity contribution in [3.63, 3.8) is 0 Å². The van der Waals surface area contributed by atoms with Crippen molar-refractivity contribution >= 4 is 6.03 Å². The highest BCUT2D eigenvalue weighted by Gasteiger charge is 2.18. The predicted molar refractivity (Wildman–Crippen MR) is 59.8 cm³/mol. The summed E-state index contributed by atoms with van der Waals surface area (Å²) >= 11 is 0. The fourth-order valence-corrected chi connectivity index (χ4v) is 1.92. The van der Waals surface area contributed by atoms with Gasteiger partial charge in [-0.1, -0.05) is 6.07 Å². The van der Waals surface area contributed by atoms with Gasteiger partial charge in [0.05, 0.1) is 0 Å². The topological polar surface area (TPSA) is 32.3 Å². The van der Waals surface area contributed by atoms with Crippen molar-refractivity contribution in [2.75, 3.05) is 19.6 Å². The number of hydrogen-bond donors (Lipinski definition) is 1. The number of urea groups is 1. The molecule has 1 heterocycles. The van der Waals surface area contributed by atoms with Crippen molar-refractivity contribution < 1.29 is 9.18 Å². The van der Waals surface area contributed by atoms with Crippen LogP contribution >= 0.6 is 0 Å². The third-order valence-electron chi connectivity index (χ3n) is 2.90. The van der Waals surface area contributed by atoms with Gasteiger partial charge in [-0.15, -0.1) is 0 Å². The molecule has 4 heteroatoms. The minimum Gasteiger partial charge on any atom is -0.336 e. The van der Waals surface area contributed by atoms with Gasteiger partial charge in [0.25, 0.3) is 0 Å². The summed E-state index contributed by atoms with van der Waals surface area (Å²) in [5, 5.41) is 2.76. The number of amides is 2. The molecule has 1 aromatic rings. The fraction of sp³-hybridized carbons (Fsp3) is 0.417. The number of benzene rings is 1. The number of carbonyl (C=O) groups is 1. The molecule has 0 spiro atoms. The van der Waals surface area contributed by atoms with Crippen molar-refractivity contribution in [3.8, 4) is 0 Å². The van der Waals surface area contributed by atoms with E-state index in [-0.39, 0.29) is 11.8 Å². The van der Waals surface area contributed by atoms with Crippen molar-refractivity contribution in [2.45, 2.75) is 13.3 Å². The van der Waals surface area contributed by atoms with Gasteiger partial charge in [0.2, 0.25) is 0 Å². The Bertz CT molecular complexity index is 406. The molecule has 0 bridgehead atoms. The van der Waals surface area contributed by atoms with Gasteiger partial charge in [-0.25, -0.2) is 9.18 Å². The second-order valence-corrected chi connectivity index (χ2v) is 4.04. The zero-order chi connectivity index (χ0) is 11.5. The number of carbonyl (C=O) groups excluding carboxylic acids is 1. The Morgan fingerprint density at radius 3 is 2.94 bits per heavy atom. The fourth-order valence-electron chi connectivity index (χ4n) is 1.92. The predicted octanol–water partition coefficient (Wildman–Crippen LogP) is 1.70. The molecule has 3 nitrogen and oxygen atoms in total. The highest BCUT2D eigenvalue weighted by Crippen LogP contribution is 2.11. The van der Waals surface area contributed by atoms with Crippen molar-refractivity contribution in [2.24, 2.45) is 0 Å². The van der Waals surface area contributed by atoms with Crippen LogP contribution in [-0.2, 0) is 6.42 Å². The van der Waals surface area contributed by atoms with E-state index in [1.54, 1.807) is 11.0 Å². The Labute approximate surface area is 94.3 Å². The Kier molecular flexibility index (Phi) is 3.08. The summed E-state index contributed by atoms with van der Waals surface area (Å²) in [6.45, 7) is 4.07. The Balaban J connectivity index is 1.96. The van der Waals surface area contributed by atoms with Gasteiger partial charge in [0.15, 0.2) is 0 Å². The Morgan fingerprint density at radius 1 is 1.50 bits per heavy atom. The smallest absolute Gasteiger partial charge is 0.317 e. The normalized spacial score (nSPS) is 15.4. The van der Waals surface area contributed by atoms with Gasteiger partial charge >= 0.3 is 6.03 Å². The molecule has 0 saturated carbocycles. The summed E-state index contributed by atoms with van der Waals surface area (Å²) in [7, 11) is 0. The number of nitrogens with one attached hydrogen (secondary N) is 1. The van der Waals surface area contributed by atoms with Gasteiger partial charge in [0.1, 0.15) is 5.82 Å². The largest absolute Gasteiger partial charge is 0.336 e. The summed E-state index contributed by atoms with van der Waals surface area (Å²) in [6, 6.07) is 4.78. The number of halogens is 1. The average molecular weight is 222 g/mol. The van der Waals surface area contributed by atoms with Crippen LogP contribution in [0.5, 0.6) is 0 Å². The van der Waals surface area contributed by atoms with Gasteiger partial charge in [0, 0.05) is 19.6 Å². The van der Waals surface area contributed by atoms with Gasteiger partial charge in [-0.05, 0) is 36.6 Å². The number of aryl methyl sites for hydroxylation is 1. The maximum absolute atomic E-state index is 12.9. The van der Waals surface area contributed by atoms with E-state index in [0.717, 1.165) is 30.6 Å². The lowest BCUT2D eigenvalue weighted by molar-refractivity contribution is 0.218. The summed E-state index contributed by atoms with van der Waals surface area (Å²) in [4.78, 5) is 13.1. The monoisotopic (exact) mass is 222 g/mol. The van der Waals surface area contributed by atoms with E-state index in [1.165, 1.54) is 12.1 Å². The van der Waals surface area contributed by atoms with Crippen LogP contribution in [0.3, 0.4) is 0 Å². The number of hydrogen-bond acceptors (Lipinski definition) is 1. The lowest BCUT2D eigenvalue weighted by Gasteiger charge is -2.14. The number of rotatable bonds is 3. The standard InChI is InChI=1S/C12H15FN2O/c1-9-8-11(13)3-2-10(9)4-6-15-7-5-14-12(15)16/h2-3,8H,4-7H2,1H3,(H,14,16). The van der Waals surface area contributed by atoms with Crippen molar-refractivity contribution in [1.82, 2.24) is 10.2 Å². The van der Waals surface area contributed by atoms with Crippen LogP contribution in [-0.4, -0.2) is 30.6 Å². The van der Waals surface area contributed by atoms with E-state index in [9.17, 15) is 9.18 Å². The summed E-state index contributed by atoms with van der Waals surface area (Å²) in [6.07, 6.45) is 0.777. The second-order valence-electron chi connectivity index (χ2n) is 4.04. The minimum absolute atomic E-state index is 0.000218. The molecule has 86 valence electrons. The summed E-state index contributed by atoms with van der Waals surface area (Å²) in [5.41, 5.74) is 2.04. The molecule has 2 rings (SSSR count). The zero-order valence-corrected chi connectivity index (χ0v) is 9.29. The molecular weight excluding hydrogens is 207 g/mol. The molecule has 0 unspecified atom stereocenters. The van der Waals surface area contributed by atoms with Crippen LogP contribution in [0.2, 0.25) is 0 Å². The van der Waals surface area contributed by atoms with Gasteiger partial charge in [-0.3, -0.25) is 0 Å². The van der Waals surface area contributed by atoms with Gasteiger partial charge in [-0.2, -0.15) is 0 Å². The minimum atomic E-state index is -0.208. The van der Waals surface area contributed by atoms with Crippen molar-refractivity contribution in [3.05, 3.63) is 35.1 Å². The molecule has 0 aromatic heterocycles. The SMILES string of the molecule is Cc1cc(F)ccc1CCN1CCNC1=O. The first kappa shape index (κ1) is 10.9. The third kappa shape index (κ3) is 2.32. The zero-order valence-electron chi connectivity index (χ0n) is 9.29. The first-order chi connectivity index (χ1) is 7.66. The average Bonchev–Trinajstić information content (AvgIpc) is 2.63. The molecule has 1 saturated heterocycles. The quantitative estimate of drug-likeness (QED) is 0.829. The van der Waals surface area contributed by atoms with E-state index >= 15 is 0 Å². The van der Waals surface area contributed by atoms with E-state index < -0.39 is 0 Å². The van der Waals surface area contributed by atoms with Crippen LogP contribution in [0.1, 0.15) is 11.1 Å². The van der Waals surface area contributed by atoms with Crippen LogP contribution in [0.15, 0.2) is 18.2 Å². The van der Waals surface area contributed by atoms with E-state index in [2.05, 4.69) is 5.32 Å². The second kappa shape index (κ2) is 4.51. The van der Waals surface area contributed by atoms with Gasteiger partial charge < -0.3 is 10.2 Å². The molecule has 1 aliphatic rings. The highest BCUT2D eigenvalue weighted by atomic mass is 19.1. The number of nitrogens with zero attached hydrogens (tertiary/aromatic N) is 1. The maximum Gasteiger partial charge on any atom is 0.317 e. The molecular formula is C12H15FN2O. The lowest BCUT2D eigenvalue weighted by atomic mass is 10.1. The van der Waals surface area contributed by atoms with E-state index in [0.29, 0.717) is 6.54 Å². The first-order valence-corrected chi connectivity index (χ1v) is 5.44. The van der Waals surface area contributed by atoms with Crippen molar-refractivity contribution in [1.29, 1.82) is 0 Å². The molecule has 0 atom stereocenters. The summed E-state index contributed by atoms with van der Waals surface area (Å²) < 4.78 is 12.9.